The Bertz CT molecular complexity index is 254. The summed E-state index contributed by atoms with van der Waals surface area (Å²) >= 11 is 0. The average Bonchev–Trinajstić information content (AvgIpc) is 2.13. The van der Waals surface area contributed by atoms with Crippen LogP contribution in [0.25, 0.3) is 0 Å². The molecule has 0 heterocycles. The molecule has 0 N–H and O–H groups in total. The number of hydrogen-bond donors (Lipinski definition) is 0. The van der Waals surface area contributed by atoms with E-state index in [9.17, 15) is 4.79 Å². The largest absolute Gasteiger partial charge is 0.295 e. The number of rotatable bonds is 1. The minimum absolute atomic E-state index is 0.179. The van der Waals surface area contributed by atoms with Gasteiger partial charge < -0.3 is 0 Å². The second-order valence-corrected chi connectivity index (χ2v) is 2.71. The Balaban J connectivity index is 2.98. The van der Waals surface area contributed by atoms with Gasteiger partial charge in [-0.2, -0.15) is 0 Å². The molecule has 58 valence electrons. The van der Waals surface area contributed by atoms with Crippen LogP contribution in [0.5, 0.6) is 0 Å². The van der Waals surface area contributed by atoms with Crippen molar-refractivity contribution >= 4 is 5.78 Å². The van der Waals surface area contributed by atoms with E-state index in [0.717, 1.165) is 17.6 Å². The van der Waals surface area contributed by atoms with Crippen molar-refractivity contribution in [2.45, 2.75) is 20.3 Å². The molecule has 0 bridgehead atoms. The molecule has 1 heteroatoms. The lowest BCUT2D eigenvalue weighted by Gasteiger charge is -2.00. The first kappa shape index (κ1) is 7.99. The van der Waals surface area contributed by atoms with Crippen LogP contribution in [0.3, 0.4) is 0 Å². The van der Waals surface area contributed by atoms with E-state index in [1.807, 2.05) is 31.2 Å². The minimum Gasteiger partial charge on any atom is -0.295 e. The third-order valence-electron chi connectivity index (χ3n) is 1.82. The van der Waals surface area contributed by atoms with E-state index in [2.05, 4.69) is 0 Å². The number of Topliss-reactive ketones (excluding diaryl/α,β-unsaturated/α-hetero) is 1. The SMILES string of the molecule is CC(=O)C1=C(C)C=CC=CC1. The highest BCUT2D eigenvalue weighted by molar-refractivity contribution is 5.94. The maximum atomic E-state index is 11.0. The number of hydrogen-bond acceptors (Lipinski definition) is 1. The number of ketones is 1. The summed E-state index contributed by atoms with van der Waals surface area (Å²) in [6.45, 7) is 3.59. The monoisotopic (exact) mass is 148 g/mol. The lowest BCUT2D eigenvalue weighted by molar-refractivity contribution is -0.113. The minimum atomic E-state index is 0.179. The molecule has 1 aliphatic carbocycles. The summed E-state index contributed by atoms with van der Waals surface area (Å²) in [6, 6.07) is 0. The highest BCUT2D eigenvalue weighted by atomic mass is 16.1. The zero-order valence-electron chi connectivity index (χ0n) is 6.92. The third-order valence-corrected chi connectivity index (χ3v) is 1.82. The van der Waals surface area contributed by atoms with Crippen LogP contribution < -0.4 is 0 Å². The van der Waals surface area contributed by atoms with Crippen molar-refractivity contribution in [2.24, 2.45) is 0 Å². The summed E-state index contributed by atoms with van der Waals surface area (Å²) in [6.07, 6.45) is 8.68. The van der Waals surface area contributed by atoms with Crippen LogP contribution in [0.4, 0.5) is 0 Å². The molecule has 0 aliphatic heterocycles. The van der Waals surface area contributed by atoms with Gasteiger partial charge in [0.05, 0.1) is 0 Å². The summed E-state index contributed by atoms with van der Waals surface area (Å²) in [7, 11) is 0. The molecule has 0 aromatic carbocycles. The molecule has 0 saturated heterocycles. The second-order valence-electron chi connectivity index (χ2n) is 2.71. The van der Waals surface area contributed by atoms with Crippen molar-refractivity contribution in [2.75, 3.05) is 0 Å². The van der Waals surface area contributed by atoms with E-state index >= 15 is 0 Å². The Kier molecular flexibility index (Phi) is 2.42. The van der Waals surface area contributed by atoms with Crippen LogP contribution in [-0.4, -0.2) is 5.78 Å². The lowest BCUT2D eigenvalue weighted by Crippen LogP contribution is -1.97. The number of allylic oxidation sites excluding steroid dienone is 6. The molecule has 1 nitrogen and oxygen atoms in total. The van der Waals surface area contributed by atoms with Crippen LogP contribution in [0.1, 0.15) is 20.3 Å². The van der Waals surface area contributed by atoms with Gasteiger partial charge in [0.15, 0.2) is 5.78 Å². The molecule has 1 rings (SSSR count). The molecule has 0 fully saturated rings. The van der Waals surface area contributed by atoms with Crippen LogP contribution in [0.2, 0.25) is 0 Å². The van der Waals surface area contributed by atoms with Gasteiger partial charge in [0.2, 0.25) is 0 Å². The molecule has 0 spiro atoms. The molecule has 0 atom stereocenters. The van der Waals surface area contributed by atoms with Gasteiger partial charge in [0.25, 0.3) is 0 Å². The van der Waals surface area contributed by atoms with E-state index < -0.39 is 0 Å². The van der Waals surface area contributed by atoms with Gasteiger partial charge in [0, 0.05) is 5.57 Å². The molecule has 11 heavy (non-hydrogen) atoms. The first-order valence-corrected chi connectivity index (χ1v) is 3.75. The Hall–Kier alpha value is -1.11. The number of carbonyl (C=O) groups excluding carboxylic acids is 1. The van der Waals surface area contributed by atoms with E-state index in [0.29, 0.717) is 0 Å². The molecule has 0 radical (unpaired) electrons. The van der Waals surface area contributed by atoms with Gasteiger partial charge in [-0.1, -0.05) is 24.3 Å². The molecule has 0 aromatic rings. The summed E-state index contributed by atoms with van der Waals surface area (Å²) in [5.74, 6) is 0.179. The predicted octanol–water partition coefficient (Wildman–Crippen LogP) is 2.41. The van der Waals surface area contributed by atoms with Crippen LogP contribution in [0, 0.1) is 0 Å². The third kappa shape index (κ3) is 1.90. The van der Waals surface area contributed by atoms with Crippen LogP contribution in [0.15, 0.2) is 35.5 Å². The fourth-order valence-electron chi connectivity index (χ4n) is 1.15. The van der Waals surface area contributed by atoms with Crippen molar-refractivity contribution in [3.05, 3.63) is 35.5 Å². The normalized spacial score (nSPS) is 16.9. The molecule has 0 aromatic heterocycles. The topological polar surface area (TPSA) is 17.1 Å². The first-order valence-electron chi connectivity index (χ1n) is 3.75. The molecule has 0 saturated carbocycles. The fraction of sp³-hybridized carbons (Fsp3) is 0.300. The quantitative estimate of drug-likeness (QED) is 0.558. The van der Waals surface area contributed by atoms with E-state index in [1.54, 1.807) is 6.92 Å². The highest BCUT2D eigenvalue weighted by Gasteiger charge is 2.05. The zero-order chi connectivity index (χ0) is 8.27. The van der Waals surface area contributed by atoms with E-state index in [-0.39, 0.29) is 5.78 Å². The van der Waals surface area contributed by atoms with Gasteiger partial charge in [-0.05, 0) is 25.8 Å². The van der Waals surface area contributed by atoms with Gasteiger partial charge >= 0.3 is 0 Å². The van der Waals surface area contributed by atoms with Crippen molar-refractivity contribution in [3.63, 3.8) is 0 Å². The zero-order valence-corrected chi connectivity index (χ0v) is 6.92. The van der Waals surface area contributed by atoms with Crippen molar-refractivity contribution in [1.29, 1.82) is 0 Å². The Morgan fingerprint density at radius 1 is 1.45 bits per heavy atom. The van der Waals surface area contributed by atoms with Crippen molar-refractivity contribution < 1.29 is 4.79 Å². The molecular formula is C10H12O. The Labute approximate surface area is 67.1 Å². The maximum Gasteiger partial charge on any atom is 0.156 e. The van der Waals surface area contributed by atoms with E-state index in [1.165, 1.54) is 0 Å². The second kappa shape index (κ2) is 3.33. The standard InChI is InChI=1S/C10H12O/c1-8-6-4-3-5-7-10(8)9(2)11/h3-6H,7H2,1-2H3. The molecule has 1 aliphatic rings. The predicted molar refractivity (Wildman–Crippen MR) is 46.3 cm³/mol. The maximum absolute atomic E-state index is 11.0. The van der Waals surface area contributed by atoms with E-state index in [4.69, 9.17) is 0 Å². The Morgan fingerprint density at radius 2 is 2.18 bits per heavy atom. The number of carbonyl (C=O) groups is 1. The van der Waals surface area contributed by atoms with Crippen LogP contribution in [-0.2, 0) is 4.79 Å². The molecule has 0 unspecified atom stereocenters. The summed E-state index contributed by atoms with van der Waals surface area (Å²) in [5.41, 5.74) is 2.01. The lowest BCUT2D eigenvalue weighted by atomic mass is 10.0. The van der Waals surface area contributed by atoms with Gasteiger partial charge in [-0.3, -0.25) is 4.79 Å². The van der Waals surface area contributed by atoms with Crippen molar-refractivity contribution in [3.8, 4) is 0 Å². The van der Waals surface area contributed by atoms with Gasteiger partial charge in [0.1, 0.15) is 0 Å². The van der Waals surface area contributed by atoms with Gasteiger partial charge in [-0.15, -0.1) is 0 Å². The smallest absolute Gasteiger partial charge is 0.156 e. The first-order chi connectivity index (χ1) is 5.22. The molecular weight excluding hydrogens is 136 g/mol. The van der Waals surface area contributed by atoms with Crippen molar-refractivity contribution in [1.82, 2.24) is 0 Å². The summed E-state index contributed by atoms with van der Waals surface area (Å²) in [4.78, 5) is 11.0. The van der Waals surface area contributed by atoms with Crippen LogP contribution >= 0.6 is 0 Å². The summed E-state index contributed by atoms with van der Waals surface area (Å²) in [5, 5.41) is 0. The summed E-state index contributed by atoms with van der Waals surface area (Å²) < 4.78 is 0. The molecule has 0 amide bonds. The fourth-order valence-corrected chi connectivity index (χ4v) is 1.15. The van der Waals surface area contributed by atoms with Gasteiger partial charge in [-0.25, -0.2) is 0 Å². The highest BCUT2D eigenvalue weighted by Crippen LogP contribution is 2.14. The Morgan fingerprint density at radius 3 is 2.82 bits per heavy atom. The average molecular weight is 148 g/mol.